The first kappa shape index (κ1) is 22.1. The monoisotopic (exact) mass is 457 g/mol. The Morgan fingerprint density at radius 3 is 2.41 bits per heavy atom. The third-order valence-corrected chi connectivity index (χ3v) is 7.01. The topological polar surface area (TPSA) is 54.0 Å². The Balaban J connectivity index is 1.41. The van der Waals surface area contributed by atoms with Crippen LogP contribution in [0.25, 0.3) is 0 Å². The van der Waals surface area contributed by atoms with Crippen LogP contribution in [0.3, 0.4) is 0 Å². The van der Waals surface area contributed by atoms with Gasteiger partial charge in [0.25, 0.3) is 0 Å². The minimum absolute atomic E-state index is 0.0752. The second kappa shape index (κ2) is 9.67. The molecule has 0 radical (unpaired) electrons. The van der Waals surface area contributed by atoms with E-state index < -0.39 is 0 Å². The number of amides is 1. The maximum Gasteiger partial charge on any atom is 0.225 e. The molecule has 6 nitrogen and oxygen atoms in total. The molecule has 0 aromatic heterocycles. The fourth-order valence-corrected chi connectivity index (χ4v) is 5.15. The van der Waals surface area contributed by atoms with Crippen molar-refractivity contribution in [3.05, 3.63) is 83.9 Å². The molecule has 1 saturated heterocycles. The highest BCUT2D eigenvalue weighted by atomic mass is 16.5. The Morgan fingerprint density at radius 2 is 1.68 bits per heavy atom. The zero-order chi connectivity index (χ0) is 23.5. The Morgan fingerprint density at radius 1 is 0.941 bits per heavy atom. The number of carbonyl (C=O) groups excluding carboxylic acids is 1. The summed E-state index contributed by atoms with van der Waals surface area (Å²) >= 11 is 0. The van der Waals surface area contributed by atoms with Gasteiger partial charge in [0.1, 0.15) is 11.5 Å². The molecule has 2 aliphatic rings. The van der Waals surface area contributed by atoms with Gasteiger partial charge in [0, 0.05) is 43.6 Å². The minimum Gasteiger partial charge on any atom is -0.497 e. The summed E-state index contributed by atoms with van der Waals surface area (Å²) in [4.78, 5) is 18.3. The maximum atomic E-state index is 13.5. The van der Waals surface area contributed by atoms with Gasteiger partial charge in [-0.25, -0.2) is 0 Å². The van der Waals surface area contributed by atoms with Gasteiger partial charge >= 0.3 is 0 Å². The Kier molecular flexibility index (Phi) is 6.30. The Bertz CT molecular complexity index is 1130. The van der Waals surface area contributed by atoms with Crippen LogP contribution in [-0.2, 0) is 17.8 Å². The number of piperazine rings is 1. The van der Waals surface area contributed by atoms with Crippen LogP contribution in [0.15, 0.2) is 72.8 Å². The lowest BCUT2D eigenvalue weighted by Crippen LogP contribution is -2.61. The van der Waals surface area contributed by atoms with E-state index in [9.17, 15) is 4.79 Å². The smallest absolute Gasteiger partial charge is 0.225 e. The van der Waals surface area contributed by atoms with E-state index >= 15 is 0 Å². The van der Waals surface area contributed by atoms with Crippen molar-refractivity contribution in [3.63, 3.8) is 0 Å². The molecule has 3 aromatic rings. The fraction of sp³-hybridized carbons (Fsp3) is 0.321. The SMILES string of the molecule is COc1ccc(N2CCN3c4cc(OC)ccc4CC(C(=O)NCc4ccccc4)C3C2)cc1. The van der Waals surface area contributed by atoms with Crippen LogP contribution in [0, 0.1) is 5.92 Å². The first-order chi connectivity index (χ1) is 16.7. The van der Waals surface area contributed by atoms with Crippen molar-refractivity contribution in [1.82, 2.24) is 5.32 Å². The van der Waals surface area contributed by atoms with Gasteiger partial charge in [-0.05, 0) is 47.9 Å². The van der Waals surface area contributed by atoms with Crippen LogP contribution >= 0.6 is 0 Å². The molecule has 5 rings (SSSR count). The molecular weight excluding hydrogens is 426 g/mol. The van der Waals surface area contributed by atoms with Crippen LogP contribution in [0.1, 0.15) is 11.1 Å². The molecule has 3 aromatic carbocycles. The predicted molar refractivity (Wildman–Crippen MR) is 135 cm³/mol. The number of ether oxygens (including phenoxy) is 2. The molecule has 34 heavy (non-hydrogen) atoms. The number of nitrogens with zero attached hydrogens (tertiary/aromatic N) is 2. The number of nitrogens with one attached hydrogen (secondary N) is 1. The van der Waals surface area contributed by atoms with Crippen LogP contribution in [0.2, 0.25) is 0 Å². The van der Waals surface area contributed by atoms with Crippen LogP contribution in [0.5, 0.6) is 11.5 Å². The number of rotatable bonds is 6. The zero-order valence-corrected chi connectivity index (χ0v) is 19.7. The van der Waals surface area contributed by atoms with E-state index in [2.05, 4.69) is 39.4 Å². The maximum absolute atomic E-state index is 13.5. The van der Waals surface area contributed by atoms with Gasteiger partial charge in [-0.3, -0.25) is 4.79 Å². The molecule has 0 saturated carbocycles. The van der Waals surface area contributed by atoms with E-state index in [-0.39, 0.29) is 17.9 Å². The van der Waals surface area contributed by atoms with Crippen molar-refractivity contribution in [2.24, 2.45) is 5.92 Å². The predicted octanol–water partition coefficient (Wildman–Crippen LogP) is 3.89. The average Bonchev–Trinajstić information content (AvgIpc) is 2.91. The number of benzene rings is 3. The second-order valence-electron chi connectivity index (χ2n) is 8.91. The van der Waals surface area contributed by atoms with Crippen molar-refractivity contribution in [2.75, 3.05) is 43.7 Å². The highest BCUT2D eigenvalue weighted by Crippen LogP contribution is 2.39. The lowest BCUT2D eigenvalue weighted by atomic mass is 9.83. The first-order valence-electron chi connectivity index (χ1n) is 11.8. The van der Waals surface area contributed by atoms with Crippen molar-refractivity contribution in [3.8, 4) is 11.5 Å². The second-order valence-corrected chi connectivity index (χ2v) is 8.91. The normalized spacial score (nSPS) is 19.1. The molecule has 1 fully saturated rings. The van der Waals surface area contributed by atoms with Gasteiger partial charge in [0.2, 0.25) is 5.91 Å². The van der Waals surface area contributed by atoms with Crippen LogP contribution < -0.4 is 24.6 Å². The summed E-state index contributed by atoms with van der Waals surface area (Å²) in [6.07, 6.45) is 0.720. The summed E-state index contributed by atoms with van der Waals surface area (Å²) in [5.74, 6) is 1.67. The highest BCUT2D eigenvalue weighted by molar-refractivity contribution is 5.82. The molecule has 6 heteroatoms. The van der Waals surface area contributed by atoms with Gasteiger partial charge < -0.3 is 24.6 Å². The molecule has 2 unspecified atom stereocenters. The minimum atomic E-state index is -0.134. The standard InChI is InChI=1S/C28H31N3O3/c1-33-23-12-9-22(10-13-23)30-14-15-31-26-17-24(34-2)11-8-21(26)16-25(27(31)19-30)28(32)29-18-20-6-4-3-5-7-20/h3-13,17,25,27H,14-16,18-19H2,1-2H3,(H,29,32). The number of fused-ring (bicyclic) bond motifs is 3. The number of hydrogen-bond donors (Lipinski definition) is 1. The summed E-state index contributed by atoms with van der Waals surface area (Å²) < 4.78 is 10.8. The van der Waals surface area contributed by atoms with Crippen molar-refractivity contribution in [2.45, 2.75) is 19.0 Å². The molecule has 2 aliphatic heterocycles. The van der Waals surface area contributed by atoms with E-state index in [1.165, 1.54) is 11.3 Å². The number of methoxy groups -OCH3 is 2. The van der Waals surface area contributed by atoms with E-state index in [1.807, 2.05) is 48.5 Å². The molecule has 1 N–H and O–H groups in total. The molecule has 1 amide bonds. The van der Waals surface area contributed by atoms with E-state index in [0.29, 0.717) is 6.54 Å². The third kappa shape index (κ3) is 4.40. The van der Waals surface area contributed by atoms with Crippen molar-refractivity contribution in [1.29, 1.82) is 0 Å². The lowest BCUT2D eigenvalue weighted by Gasteiger charge is -2.49. The van der Waals surface area contributed by atoms with Crippen molar-refractivity contribution < 1.29 is 14.3 Å². The van der Waals surface area contributed by atoms with Gasteiger partial charge in [0.15, 0.2) is 0 Å². The van der Waals surface area contributed by atoms with E-state index in [4.69, 9.17) is 9.47 Å². The molecule has 0 bridgehead atoms. The number of carbonyl (C=O) groups is 1. The molecule has 0 spiro atoms. The lowest BCUT2D eigenvalue weighted by molar-refractivity contribution is -0.126. The summed E-state index contributed by atoms with van der Waals surface area (Å²) in [5, 5.41) is 3.20. The van der Waals surface area contributed by atoms with Gasteiger partial charge in [-0.15, -0.1) is 0 Å². The summed E-state index contributed by atoms with van der Waals surface area (Å²) in [6, 6.07) is 24.5. The number of hydrogen-bond acceptors (Lipinski definition) is 5. The number of anilines is 2. The van der Waals surface area contributed by atoms with Crippen LogP contribution in [-0.4, -0.2) is 45.8 Å². The first-order valence-corrected chi connectivity index (χ1v) is 11.8. The van der Waals surface area contributed by atoms with E-state index in [0.717, 1.165) is 48.8 Å². The zero-order valence-electron chi connectivity index (χ0n) is 19.7. The van der Waals surface area contributed by atoms with Gasteiger partial charge in [-0.2, -0.15) is 0 Å². The third-order valence-electron chi connectivity index (χ3n) is 7.01. The average molecular weight is 458 g/mol. The highest BCUT2D eigenvalue weighted by Gasteiger charge is 2.41. The largest absolute Gasteiger partial charge is 0.497 e. The Hall–Kier alpha value is -3.67. The molecular formula is C28H31N3O3. The quantitative estimate of drug-likeness (QED) is 0.609. The van der Waals surface area contributed by atoms with Crippen LogP contribution in [0.4, 0.5) is 11.4 Å². The van der Waals surface area contributed by atoms with E-state index in [1.54, 1.807) is 14.2 Å². The molecule has 176 valence electrons. The summed E-state index contributed by atoms with van der Waals surface area (Å²) in [5.41, 5.74) is 4.65. The molecule has 2 heterocycles. The Labute approximate surface area is 201 Å². The van der Waals surface area contributed by atoms with Crippen molar-refractivity contribution >= 4 is 17.3 Å². The summed E-state index contributed by atoms with van der Waals surface area (Å²) in [7, 11) is 3.38. The fourth-order valence-electron chi connectivity index (χ4n) is 5.15. The molecule has 0 aliphatic carbocycles. The summed E-state index contributed by atoms with van der Waals surface area (Å²) in [6.45, 7) is 3.06. The van der Waals surface area contributed by atoms with Gasteiger partial charge in [-0.1, -0.05) is 36.4 Å². The van der Waals surface area contributed by atoms with Gasteiger partial charge in [0.05, 0.1) is 26.2 Å². The molecule has 2 atom stereocenters.